The van der Waals surface area contributed by atoms with Crippen LogP contribution in [0.1, 0.15) is 69.4 Å². The van der Waals surface area contributed by atoms with Crippen molar-refractivity contribution in [2.45, 2.75) is 87.6 Å². The van der Waals surface area contributed by atoms with Gasteiger partial charge in [0.25, 0.3) is 0 Å². The zero-order chi connectivity index (χ0) is 26.0. The quantitative estimate of drug-likeness (QED) is 0.592. The van der Waals surface area contributed by atoms with Gasteiger partial charge in [-0.25, -0.2) is 4.79 Å². The molecule has 1 unspecified atom stereocenters. The lowest BCUT2D eigenvalue weighted by atomic mass is 9.77. The minimum Gasteiger partial charge on any atom is -0.497 e. The average Bonchev–Trinajstić information content (AvgIpc) is 3.51. The molecule has 9 nitrogen and oxygen atoms in total. The summed E-state index contributed by atoms with van der Waals surface area (Å²) in [5, 5.41) is 9.72. The lowest BCUT2D eigenvalue weighted by molar-refractivity contribution is -0.216. The van der Waals surface area contributed by atoms with Gasteiger partial charge < -0.3 is 28.8 Å². The van der Waals surface area contributed by atoms with Gasteiger partial charge in [-0.05, 0) is 88.3 Å². The molecule has 2 fully saturated rings. The van der Waals surface area contributed by atoms with Gasteiger partial charge in [0.2, 0.25) is 6.79 Å². The van der Waals surface area contributed by atoms with E-state index in [9.17, 15) is 14.7 Å². The number of hydrogen-bond donors (Lipinski definition) is 1. The van der Waals surface area contributed by atoms with Gasteiger partial charge in [-0.3, -0.25) is 9.69 Å². The van der Waals surface area contributed by atoms with Crippen molar-refractivity contribution in [3.05, 3.63) is 35.1 Å². The van der Waals surface area contributed by atoms with Crippen molar-refractivity contribution in [3.63, 3.8) is 0 Å². The van der Waals surface area contributed by atoms with Crippen LogP contribution in [0, 0.1) is 0 Å². The number of hydrogen-bond acceptors (Lipinski definition) is 8. The molecular weight excluding hydrogens is 478 g/mol. The Balaban J connectivity index is 1.42. The standard InChI is InChI=1S/C28H35NO8/c1-26(2)7-4-9-28(37-26,15-22(30)31)25(32)36-24-21(33-3)14-27-8-5-10-29(27)11-6-17-12-19-20(35-16-34-19)13-18(17)23(24)27/h12-14,23-24H,4-11,15-16H2,1-3H3,(H,30,31)/t23-,24?,27+,28-/m1/s1. The number of fused-ring (bicyclic) bond motifs is 3. The van der Waals surface area contributed by atoms with Crippen LogP contribution in [0.25, 0.3) is 0 Å². The normalized spacial score (nSPS) is 33.5. The summed E-state index contributed by atoms with van der Waals surface area (Å²) >= 11 is 0. The Morgan fingerprint density at radius 2 is 1.89 bits per heavy atom. The molecule has 5 aliphatic rings. The van der Waals surface area contributed by atoms with E-state index in [2.05, 4.69) is 17.0 Å². The van der Waals surface area contributed by atoms with E-state index in [-0.39, 0.29) is 18.2 Å². The van der Waals surface area contributed by atoms with Crippen LogP contribution in [0.3, 0.4) is 0 Å². The van der Waals surface area contributed by atoms with Crippen LogP contribution in [-0.4, -0.2) is 71.8 Å². The molecule has 37 heavy (non-hydrogen) atoms. The van der Waals surface area contributed by atoms with Gasteiger partial charge in [-0.1, -0.05) is 0 Å². The fourth-order valence-electron chi connectivity index (χ4n) is 7.33. The third-order valence-electron chi connectivity index (χ3n) is 8.84. The lowest BCUT2D eigenvalue weighted by Gasteiger charge is -2.44. The van der Waals surface area contributed by atoms with Crippen LogP contribution < -0.4 is 9.47 Å². The highest BCUT2D eigenvalue weighted by Gasteiger charge is 2.59. The van der Waals surface area contributed by atoms with Crippen LogP contribution in [0.15, 0.2) is 24.0 Å². The molecule has 2 saturated heterocycles. The predicted molar refractivity (Wildman–Crippen MR) is 132 cm³/mol. The number of carbonyl (C=O) groups is 2. The van der Waals surface area contributed by atoms with Gasteiger partial charge in [0.15, 0.2) is 23.2 Å². The monoisotopic (exact) mass is 513 g/mol. The largest absolute Gasteiger partial charge is 0.497 e. The highest BCUT2D eigenvalue weighted by atomic mass is 16.7. The van der Waals surface area contributed by atoms with Gasteiger partial charge in [0, 0.05) is 6.54 Å². The number of rotatable bonds is 5. The molecule has 0 radical (unpaired) electrons. The fraction of sp³-hybridized carbons (Fsp3) is 0.643. The lowest BCUT2D eigenvalue weighted by Crippen LogP contribution is -2.54. The number of carboxylic acids is 1. The van der Waals surface area contributed by atoms with E-state index in [4.69, 9.17) is 23.7 Å². The molecule has 0 saturated carbocycles. The first-order valence-corrected chi connectivity index (χ1v) is 13.2. The zero-order valence-electron chi connectivity index (χ0n) is 21.7. The number of carbonyl (C=O) groups excluding carboxylic acids is 1. The van der Waals surface area contributed by atoms with Crippen LogP contribution >= 0.6 is 0 Å². The molecular formula is C28H35NO8. The topological polar surface area (TPSA) is 104 Å². The summed E-state index contributed by atoms with van der Waals surface area (Å²) in [6.07, 6.45) is 5.51. The van der Waals surface area contributed by atoms with E-state index >= 15 is 0 Å². The second-order valence-electron chi connectivity index (χ2n) is 11.6. The number of carboxylic acid groups (broad SMARTS) is 1. The van der Waals surface area contributed by atoms with Crippen LogP contribution in [0.4, 0.5) is 0 Å². The molecule has 9 heteroatoms. The van der Waals surface area contributed by atoms with Crippen molar-refractivity contribution in [1.82, 2.24) is 4.90 Å². The predicted octanol–water partition coefficient (Wildman–Crippen LogP) is 3.54. The Morgan fingerprint density at radius 3 is 2.62 bits per heavy atom. The molecule has 1 aromatic rings. The summed E-state index contributed by atoms with van der Waals surface area (Å²) in [7, 11) is 1.60. The third kappa shape index (κ3) is 3.89. The summed E-state index contributed by atoms with van der Waals surface area (Å²) in [5.41, 5.74) is -0.322. The Labute approximate surface area is 216 Å². The van der Waals surface area contributed by atoms with Crippen LogP contribution in [0.2, 0.25) is 0 Å². The molecule has 0 aromatic heterocycles. The van der Waals surface area contributed by atoms with Crippen LogP contribution in [0.5, 0.6) is 11.5 Å². The highest BCUT2D eigenvalue weighted by Crippen LogP contribution is 2.56. The molecule has 1 N–H and O–H groups in total. The minimum absolute atomic E-state index is 0.185. The summed E-state index contributed by atoms with van der Waals surface area (Å²) in [6, 6.07) is 4.09. The maximum Gasteiger partial charge on any atom is 0.339 e. The summed E-state index contributed by atoms with van der Waals surface area (Å²) in [6.45, 7) is 5.79. The van der Waals surface area contributed by atoms with E-state index in [1.165, 1.54) is 0 Å². The first-order valence-electron chi connectivity index (χ1n) is 13.2. The molecule has 0 bridgehead atoms. The smallest absolute Gasteiger partial charge is 0.339 e. The van der Waals surface area contributed by atoms with E-state index in [0.717, 1.165) is 55.6 Å². The molecule has 200 valence electrons. The fourth-order valence-corrected chi connectivity index (χ4v) is 7.33. The molecule has 4 aliphatic heterocycles. The summed E-state index contributed by atoms with van der Waals surface area (Å²) in [5.74, 6) is 0.0737. The van der Waals surface area contributed by atoms with Crippen LogP contribution in [-0.2, 0) is 30.2 Å². The Hall–Kier alpha value is -2.78. The van der Waals surface area contributed by atoms with Crippen molar-refractivity contribution in [3.8, 4) is 11.5 Å². The van der Waals surface area contributed by atoms with Crippen molar-refractivity contribution in [1.29, 1.82) is 0 Å². The number of ether oxygens (including phenoxy) is 5. The maximum atomic E-state index is 14.0. The SMILES string of the molecule is COC1=C[C@]23CCCN2CCc2cc4c(cc2[C@@H]3C1OC(=O)[C@]1(CC(=O)O)CCCC(C)(C)O1)OCO4. The van der Waals surface area contributed by atoms with Crippen molar-refractivity contribution < 1.29 is 38.4 Å². The molecule has 6 rings (SSSR count). The molecule has 1 aliphatic carbocycles. The van der Waals surface area contributed by atoms with Gasteiger partial charge in [-0.15, -0.1) is 0 Å². The molecule has 1 aromatic carbocycles. The molecule has 4 heterocycles. The zero-order valence-corrected chi connectivity index (χ0v) is 21.7. The van der Waals surface area contributed by atoms with E-state index in [0.29, 0.717) is 24.4 Å². The number of benzene rings is 1. The van der Waals surface area contributed by atoms with Gasteiger partial charge >= 0.3 is 11.9 Å². The molecule has 0 amide bonds. The Kier molecular flexibility index (Phi) is 5.73. The van der Waals surface area contributed by atoms with Crippen molar-refractivity contribution in [2.24, 2.45) is 0 Å². The van der Waals surface area contributed by atoms with Gasteiger partial charge in [-0.2, -0.15) is 0 Å². The van der Waals surface area contributed by atoms with Gasteiger partial charge in [0.05, 0.1) is 30.6 Å². The minimum atomic E-state index is -1.54. The Bertz CT molecular complexity index is 1160. The summed E-state index contributed by atoms with van der Waals surface area (Å²) in [4.78, 5) is 28.3. The molecule has 4 atom stereocenters. The van der Waals surface area contributed by atoms with Crippen molar-refractivity contribution >= 4 is 11.9 Å². The Morgan fingerprint density at radius 1 is 1.11 bits per heavy atom. The summed E-state index contributed by atoms with van der Waals surface area (Å²) < 4.78 is 29.8. The van der Waals surface area contributed by atoms with E-state index in [1.54, 1.807) is 7.11 Å². The first kappa shape index (κ1) is 24.6. The second kappa shape index (κ2) is 8.63. The van der Waals surface area contributed by atoms with Gasteiger partial charge in [0.1, 0.15) is 5.76 Å². The average molecular weight is 514 g/mol. The third-order valence-corrected chi connectivity index (χ3v) is 8.84. The number of nitrogens with zero attached hydrogens (tertiary/aromatic N) is 1. The highest BCUT2D eigenvalue weighted by molar-refractivity contribution is 5.86. The number of methoxy groups -OCH3 is 1. The van der Waals surface area contributed by atoms with Crippen molar-refractivity contribution in [2.75, 3.05) is 27.0 Å². The molecule has 1 spiro atoms. The number of aliphatic carboxylic acids is 1. The van der Waals surface area contributed by atoms with E-state index in [1.807, 2.05) is 19.9 Å². The number of esters is 1. The maximum absolute atomic E-state index is 14.0. The van der Waals surface area contributed by atoms with E-state index < -0.39 is 35.7 Å². The second-order valence-corrected chi connectivity index (χ2v) is 11.6. The first-order chi connectivity index (χ1) is 17.7.